The maximum atomic E-state index is 12.8. The Balaban J connectivity index is 1.81. The number of unbranched alkanes of at least 4 members (excludes halogenated alkanes) is 20. The quantitative estimate of drug-likeness (QED) is 0.0325. The third-order valence-corrected chi connectivity index (χ3v) is 12.9. The molecule has 0 spiro atoms. The van der Waals surface area contributed by atoms with E-state index in [-0.39, 0.29) is 12.8 Å². The summed E-state index contributed by atoms with van der Waals surface area (Å²) in [4.78, 5) is 71.9. The van der Waals surface area contributed by atoms with Gasteiger partial charge in [-0.05, 0) is 32.6 Å². The van der Waals surface area contributed by atoms with E-state index < -0.39 is 77.1 Å². The van der Waals surface area contributed by atoms with Crippen molar-refractivity contribution in [3.63, 3.8) is 0 Å². The van der Waals surface area contributed by atoms with Gasteiger partial charge in [0.15, 0.2) is 6.10 Å². The molecule has 1 saturated heterocycles. The molecule has 3 N–H and O–H groups in total. The number of rotatable bonds is 36. The lowest BCUT2D eigenvalue weighted by atomic mass is 10.1. The van der Waals surface area contributed by atoms with Gasteiger partial charge < -0.3 is 24.0 Å². The van der Waals surface area contributed by atoms with Crippen molar-refractivity contribution in [3.8, 4) is 0 Å². The van der Waals surface area contributed by atoms with E-state index in [1.807, 2.05) is 0 Å². The molecule has 1 aliphatic heterocycles. The number of hydrogen-bond donors (Lipinski definition) is 3. The van der Waals surface area contributed by atoms with E-state index in [0.717, 1.165) is 44.9 Å². The van der Waals surface area contributed by atoms with Gasteiger partial charge in [-0.3, -0.25) is 33.0 Å². The summed E-state index contributed by atoms with van der Waals surface area (Å²) >= 11 is 0. The van der Waals surface area contributed by atoms with Crippen LogP contribution in [-0.2, 0) is 46.3 Å². The molecule has 2 rings (SSSR count). The Morgan fingerprint density at radius 3 is 1.73 bits per heavy atom. The number of phosphoric ester groups is 2. The molecular formula is C41H74N2O14P2. The maximum absolute atomic E-state index is 12.8. The molecule has 2 unspecified atom stereocenters. The molecule has 2 heterocycles. The van der Waals surface area contributed by atoms with Gasteiger partial charge in [0.25, 0.3) is 5.56 Å². The van der Waals surface area contributed by atoms with Gasteiger partial charge in [0.05, 0.1) is 19.3 Å². The van der Waals surface area contributed by atoms with Crippen molar-refractivity contribution in [1.82, 2.24) is 9.55 Å². The molecule has 0 bridgehead atoms. The zero-order chi connectivity index (χ0) is 43.4. The minimum absolute atomic E-state index is 0.0910. The highest BCUT2D eigenvalue weighted by Crippen LogP contribution is 2.60. The SMILES string of the molecule is CCCCCCCCCCCCCC(=O)OC[C@H](COP(=O)(O)OP(=O)(O)OC[C@@H]1CC[C@H](n2cc(C)c(=O)[nH]c2=O)O1)OC(=O)CCCCCCCCCCCCC. The van der Waals surface area contributed by atoms with Crippen LogP contribution in [0.3, 0.4) is 0 Å². The van der Waals surface area contributed by atoms with Crippen LogP contribution in [0.1, 0.15) is 193 Å². The van der Waals surface area contributed by atoms with E-state index in [2.05, 4.69) is 23.1 Å². The molecule has 1 fully saturated rings. The van der Waals surface area contributed by atoms with Crippen LogP contribution >= 0.6 is 15.6 Å². The first-order valence-corrected chi connectivity index (χ1v) is 25.2. The number of aromatic amines is 1. The molecule has 1 aromatic heterocycles. The number of H-pyrrole nitrogens is 1. The van der Waals surface area contributed by atoms with E-state index >= 15 is 0 Å². The van der Waals surface area contributed by atoms with Gasteiger partial charge in [-0.25, -0.2) is 13.9 Å². The average molecular weight is 881 g/mol. The molecule has 1 aromatic rings. The summed E-state index contributed by atoms with van der Waals surface area (Å²) < 4.78 is 57.4. The average Bonchev–Trinajstić information content (AvgIpc) is 3.66. The summed E-state index contributed by atoms with van der Waals surface area (Å²) in [5, 5.41) is 0. The molecule has 0 radical (unpaired) electrons. The highest BCUT2D eigenvalue weighted by atomic mass is 31.3. The minimum atomic E-state index is -5.28. The molecule has 342 valence electrons. The molecule has 0 amide bonds. The number of nitrogens with zero attached hydrogens (tertiary/aromatic N) is 1. The summed E-state index contributed by atoms with van der Waals surface area (Å²) in [6.07, 6.45) is 24.0. The molecule has 0 aromatic carbocycles. The first kappa shape index (κ1) is 53.0. The van der Waals surface area contributed by atoms with Crippen LogP contribution in [0.15, 0.2) is 15.8 Å². The van der Waals surface area contributed by atoms with Gasteiger partial charge in [0.2, 0.25) is 0 Å². The number of carbonyl (C=O) groups is 2. The smallest absolute Gasteiger partial charge is 0.462 e. The Labute approximate surface area is 351 Å². The largest absolute Gasteiger partial charge is 0.481 e. The van der Waals surface area contributed by atoms with Crippen molar-refractivity contribution in [1.29, 1.82) is 0 Å². The fraction of sp³-hybridized carbons (Fsp3) is 0.854. The number of aryl methyl sites for hydroxylation is 1. The first-order valence-electron chi connectivity index (χ1n) is 22.2. The summed E-state index contributed by atoms with van der Waals surface area (Å²) in [6.45, 7) is 4.18. The van der Waals surface area contributed by atoms with Crippen LogP contribution < -0.4 is 11.2 Å². The summed E-state index contributed by atoms with van der Waals surface area (Å²) in [5.41, 5.74) is -0.920. The lowest BCUT2D eigenvalue weighted by Crippen LogP contribution is -2.33. The fourth-order valence-electron chi connectivity index (χ4n) is 6.83. The van der Waals surface area contributed by atoms with Crippen molar-refractivity contribution in [2.45, 2.75) is 206 Å². The Hall–Kier alpha value is -2.16. The Morgan fingerprint density at radius 2 is 1.20 bits per heavy atom. The van der Waals surface area contributed by atoms with Crippen molar-refractivity contribution < 1.29 is 56.1 Å². The lowest BCUT2D eigenvalue weighted by molar-refractivity contribution is -0.161. The van der Waals surface area contributed by atoms with Crippen molar-refractivity contribution in [3.05, 3.63) is 32.6 Å². The van der Waals surface area contributed by atoms with Crippen LogP contribution in [0.2, 0.25) is 0 Å². The van der Waals surface area contributed by atoms with Crippen LogP contribution in [0.4, 0.5) is 0 Å². The third-order valence-electron chi connectivity index (χ3n) is 10.3. The molecule has 5 atom stereocenters. The van der Waals surface area contributed by atoms with Crippen molar-refractivity contribution in [2.24, 2.45) is 0 Å². The topological polar surface area (TPSA) is 219 Å². The zero-order valence-electron chi connectivity index (χ0n) is 36.0. The van der Waals surface area contributed by atoms with E-state index in [1.165, 1.54) is 101 Å². The predicted octanol–water partition coefficient (Wildman–Crippen LogP) is 9.63. The molecule has 59 heavy (non-hydrogen) atoms. The second-order valence-electron chi connectivity index (χ2n) is 15.7. The number of phosphoric acid groups is 2. The van der Waals surface area contributed by atoms with Gasteiger partial charge in [0, 0.05) is 24.6 Å². The van der Waals surface area contributed by atoms with Crippen LogP contribution in [0, 0.1) is 6.92 Å². The highest BCUT2D eigenvalue weighted by Gasteiger charge is 2.38. The van der Waals surface area contributed by atoms with E-state index in [9.17, 15) is 38.1 Å². The molecular weight excluding hydrogens is 806 g/mol. The molecule has 0 aliphatic carbocycles. The van der Waals surface area contributed by atoms with Gasteiger partial charge in [-0.15, -0.1) is 0 Å². The van der Waals surface area contributed by atoms with Crippen molar-refractivity contribution in [2.75, 3.05) is 19.8 Å². The summed E-state index contributed by atoms with van der Waals surface area (Å²) in [5.74, 6) is -1.11. The second-order valence-corrected chi connectivity index (χ2v) is 18.8. The number of esters is 2. The number of ether oxygens (including phenoxy) is 3. The minimum Gasteiger partial charge on any atom is -0.462 e. The zero-order valence-corrected chi connectivity index (χ0v) is 37.7. The summed E-state index contributed by atoms with van der Waals surface area (Å²) in [7, 11) is -10.5. The molecule has 18 heteroatoms. The van der Waals surface area contributed by atoms with Gasteiger partial charge in [-0.1, -0.05) is 142 Å². The lowest BCUT2D eigenvalue weighted by Gasteiger charge is -2.21. The van der Waals surface area contributed by atoms with Crippen LogP contribution in [0.25, 0.3) is 0 Å². The monoisotopic (exact) mass is 880 g/mol. The fourth-order valence-corrected chi connectivity index (χ4v) is 8.96. The third kappa shape index (κ3) is 25.4. The predicted molar refractivity (Wildman–Crippen MR) is 225 cm³/mol. The summed E-state index contributed by atoms with van der Waals surface area (Å²) in [6, 6.07) is 0. The normalized spacial score (nSPS) is 18.0. The Bertz CT molecular complexity index is 1540. The molecule has 0 saturated carbocycles. The van der Waals surface area contributed by atoms with Gasteiger partial charge in [-0.2, -0.15) is 4.31 Å². The van der Waals surface area contributed by atoms with Crippen LogP contribution in [-0.4, -0.2) is 63.3 Å². The number of hydrogen-bond acceptors (Lipinski definition) is 12. The van der Waals surface area contributed by atoms with Crippen LogP contribution in [0.5, 0.6) is 0 Å². The highest BCUT2D eigenvalue weighted by molar-refractivity contribution is 7.61. The molecule has 16 nitrogen and oxygen atoms in total. The van der Waals surface area contributed by atoms with E-state index in [0.29, 0.717) is 31.2 Å². The number of carbonyl (C=O) groups excluding carboxylic acids is 2. The second kappa shape index (κ2) is 30.8. The maximum Gasteiger partial charge on any atom is 0.481 e. The van der Waals surface area contributed by atoms with Gasteiger partial charge >= 0.3 is 33.3 Å². The standard InChI is InChI=1S/C41H74N2O14P2/c1-4-6-8-10-12-14-16-18-20-22-24-26-38(44)52-31-36(56-39(45)27-25-23-21-19-17-15-13-11-9-7-5-2)33-54-59(50,51)57-58(48,49)53-32-35-28-29-37(55-35)43-30-34(3)40(46)42-41(43)47/h30,35-37H,4-29,31-33H2,1-3H3,(H,48,49)(H,50,51)(H,42,46,47)/t35-,36+,37+/m0/s1. The van der Waals surface area contributed by atoms with E-state index in [1.54, 1.807) is 0 Å². The van der Waals surface area contributed by atoms with Crippen molar-refractivity contribution >= 4 is 27.6 Å². The van der Waals surface area contributed by atoms with Gasteiger partial charge in [0.1, 0.15) is 12.8 Å². The first-order chi connectivity index (χ1) is 28.2. The Morgan fingerprint density at radius 1 is 0.729 bits per heavy atom. The van der Waals surface area contributed by atoms with E-state index in [4.69, 9.17) is 23.3 Å². The Kier molecular flexibility index (Phi) is 27.7. The number of aromatic nitrogens is 2. The number of nitrogens with one attached hydrogen (secondary N) is 1. The molecule has 1 aliphatic rings.